The topological polar surface area (TPSA) is 105 Å². The van der Waals surface area contributed by atoms with E-state index in [0.717, 1.165) is 19.3 Å². The van der Waals surface area contributed by atoms with Crippen LogP contribution in [-0.4, -0.2) is 50.8 Å². The van der Waals surface area contributed by atoms with Crippen molar-refractivity contribution in [2.75, 3.05) is 13.2 Å². The second kappa shape index (κ2) is 9.82. The van der Waals surface area contributed by atoms with Crippen LogP contribution in [0, 0.1) is 5.92 Å². The van der Waals surface area contributed by atoms with Gasteiger partial charge in [-0.25, -0.2) is 13.1 Å². The van der Waals surface area contributed by atoms with Crippen molar-refractivity contribution in [2.45, 2.75) is 62.5 Å². The molecule has 0 aromatic heterocycles. The van der Waals surface area contributed by atoms with Crippen LogP contribution in [-0.2, 0) is 25.3 Å². The second-order valence-corrected chi connectivity index (χ2v) is 9.49. The molecule has 1 aromatic rings. The standard InChI is InChI=1S/C20H30N2O5S/c23-13-19-18(22-28(25,26)14-15-5-2-1-3-6-15)10-9-17(27-19)11-12-21-20(24)16-7-4-8-16/h1-3,5-6,16-19,22-23H,4,7-14H2,(H,21,24)/t17-,18+,19-/m0/s1. The summed E-state index contributed by atoms with van der Waals surface area (Å²) in [7, 11) is -3.53. The molecule has 3 N–H and O–H groups in total. The molecule has 2 aliphatic rings. The molecule has 1 aromatic carbocycles. The van der Waals surface area contributed by atoms with Gasteiger partial charge < -0.3 is 15.2 Å². The molecule has 2 fully saturated rings. The van der Waals surface area contributed by atoms with Crippen LogP contribution in [0.3, 0.4) is 0 Å². The predicted octanol–water partition coefficient (Wildman–Crippen LogP) is 1.32. The van der Waals surface area contributed by atoms with Gasteiger partial charge in [0.25, 0.3) is 0 Å². The monoisotopic (exact) mass is 410 g/mol. The third kappa shape index (κ3) is 6.01. The van der Waals surface area contributed by atoms with Crippen LogP contribution in [0.2, 0.25) is 0 Å². The molecular weight excluding hydrogens is 380 g/mol. The van der Waals surface area contributed by atoms with Crippen LogP contribution >= 0.6 is 0 Å². The highest BCUT2D eigenvalue weighted by Crippen LogP contribution is 2.26. The number of nitrogens with one attached hydrogen (secondary N) is 2. The number of benzene rings is 1. The molecule has 3 rings (SSSR count). The van der Waals surface area contributed by atoms with E-state index in [1.807, 2.05) is 6.07 Å². The van der Waals surface area contributed by atoms with Gasteiger partial charge >= 0.3 is 0 Å². The zero-order valence-corrected chi connectivity index (χ0v) is 16.9. The maximum Gasteiger partial charge on any atom is 0.223 e. The summed E-state index contributed by atoms with van der Waals surface area (Å²) in [5, 5.41) is 12.6. The van der Waals surface area contributed by atoms with E-state index in [1.165, 1.54) is 0 Å². The number of sulfonamides is 1. The molecule has 1 saturated heterocycles. The van der Waals surface area contributed by atoms with Gasteiger partial charge in [-0.2, -0.15) is 0 Å². The van der Waals surface area contributed by atoms with Gasteiger partial charge in [-0.15, -0.1) is 0 Å². The van der Waals surface area contributed by atoms with Crippen LogP contribution < -0.4 is 10.0 Å². The molecule has 3 atom stereocenters. The summed E-state index contributed by atoms with van der Waals surface area (Å²) in [5.74, 6) is 0.187. The first-order chi connectivity index (χ1) is 13.5. The number of hydrogen-bond donors (Lipinski definition) is 3. The SMILES string of the molecule is O=C(NCC[C@@H]1CC[C@@H](NS(=O)(=O)Cc2ccccc2)[C@H](CO)O1)C1CCC1. The number of aliphatic hydroxyl groups is 1. The lowest BCUT2D eigenvalue weighted by molar-refractivity contribution is -0.127. The Hall–Kier alpha value is -1.48. The van der Waals surface area contributed by atoms with Crippen LogP contribution in [0.1, 0.15) is 44.1 Å². The Balaban J connectivity index is 1.45. The van der Waals surface area contributed by atoms with Gasteiger partial charge in [0.1, 0.15) is 0 Å². The molecular formula is C20H30N2O5S. The lowest BCUT2D eigenvalue weighted by Gasteiger charge is -2.36. The van der Waals surface area contributed by atoms with Crippen molar-refractivity contribution < 1.29 is 23.1 Å². The highest BCUT2D eigenvalue weighted by atomic mass is 32.2. The van der Waals surface area contributed by atoms with Gasteiger partial charge in [-0.1, -0.05) is 36.8 Å². The Bertz CT molecular complexity index is 736. The van der Waals surface area contributed by atoms with Crippen LogP contribution in [0.25, 0.3) is 0 Å². The molecule has 0 radical (unpaired) electrons. The summed E-state index contributed by atoms with van der Waals surface area (Å²) in [6.07, 6.45) is 4.36. The van der Waals surface area contributed by atoms with Gasteiger partial charge in [0.05, 0.1) is 30.6 Å². The van der Waals surface area contributed by atoms with E-state index >= 15 is 0 Å². The quantitative estimate of drug-likeness (QED) is 0.570. The summed E-state index contributed by atoms with van der Waals surface area (Å²) < 4.78 is 33.5. The van der Waals surface area contributed by atoms with Gasteiger partial charge in [-0.05, 0) is 37.7 Å². The first-order valence-electron chi connectivity index (χ1n) is 10.0. The maximum absolute atomic E-state index is 12.5. The molecule has 7 nitrogen and oxygen atoms in total. The van der Waals surface area contributed by atoms with E-state index < -0.39 is 22.2 Å². The molecule has 156 valence electrons. The number of amides is 1. The molecule has 28 heavy (non-hydrogen) atoms. The highest BCUT2D eigenvalue weighted by molar-refractivity contribution is 7.88. The molecule has 1 aliphatic heterocycles. The van der Waals surface area contributed by atoms with E-state index in [1.54, 1.807) is 24.3 Å². The highest BCUT2D eigenvalue weighted by Gasteiger charge is 2.33. The van der Waals surface area contributed by atoms with Gasteiger partial charge in [0, 0.05) is 12.5 Å². The van der Waals surface area contributed by atoms with E-state index in [0.29, 0.717) is 31.4 Å². The van der Waals surface area contributed by atoms with Crippen molar-refractivity contribution in [3.63, 3.8) is 0 Å². The van der Waals surface area contributed by atoms with Crippen molar-refractivity contribution in [1.29, 1.82) is 0 Å². The van der Waals surface area contributed by atoms with Gasteiger partial charge in [0.2, 0.25) is 15.9 Å². The largest absolute Gasteiger partial charge is 0.394 e. The molecule has 0 spiro atoms. The first-order valence-corrected chi connectivity index (χ1v) is 11.7. The Morgan fingerprint density at radius 1 is 1.14 bits per heavy atom. The molecule has 0 bridgehead atoms. The molecule has 1 aliphatic carbocycles. The van der Waals surface area contributed by atoms with Gasteiger partial charge in [-0.3, -0.25) is 4.79 Å². The second-order valence-electron chi connectivity index (χ2n) is 7.73. The molecule has 0 unspecified atom stereocenters. The number of carbonyl (C=O) groups excluding carboxylic acids is 1. The summed E-state index contributed by atoms with van der Waals surface area (Å²) in [6, 6.07) is 8.55. The molecule has 1 saturated carbocycles. The number of hydrogen-bond acceptors (Lipinski definition) is 5. The Morgan fingerprint density at radius 2 is 1.89 bits per heavy atom. The number of rotatable bonds is 9. The Labute approximate surface area is 166 Å². The summed E-state index contributed by atoms with van der Waals surface area (Å²) >= 11 is 0. The van der Waals surface area contributed by atoms with E-state index in [9.17, 15) is 18.3 Å². The molecule has 1 amide bonds. The third-order valence-corrected chi connectivity index (χ3v) is 6.94. The van der Waals surface area contributed by atoms with Crippen LogP contribution in [0.4, 0.5) is 0 Å². The van der Waals surface area contributed by atoms with E-state index in [2.05, 4.69) is 10.0 Å². The summed E-state index contributed by atoms with van der Waals surface area (Å²) in [5.41, 5.74) is 0.715. The first kappa shape index (κ1) is 21.2. The van der Waals surface area contributed by atoms with Crippen molar-refractivity contribution in [1.82, 2.24) is 10.0 Å². The van der Waals surface area contributed by atoms with Crippen molar-refractivity contribution >= 4 is 15.9 Å². The van der Waals surface area contributed by atoms with Crippen molar-refractivity contribution in [3.8, 4) is 0 Å². The number of ether oxygens (including phenoxy) is 1. The number of carbonyl (C=O) groups is 1. The minimum Gasteiger partial charge on any atom is -0.394 e. The molecule has 8 heteroatoms. The molecule has 1 heterocycles. The van der Waals surface area contributed by atoms with Crippen molar-refractivity contribution in [2.24, 2.45) is 5.92 Å². The van der Waals surface area contributed by atoms with E-state index in [-0.39, 0.29) is 30.3 Å². The maximum atomic E-state index is 12.5. The van der Waals surface area contributed by atoms with E-state index in [4.69, 9.17) is 4.74 Å². The Morgan fingerprint density at radius 3 is 2.54 bits per heavy atom. The zero-order chi connectivity index (χ0) is 20.0. The fraction of sp³-hybridized carbons (Fsp3) is 0.650. The summed E-state index contributed by atoms with van der Waals surface area (Å²) in [6.45, 7) is 0.298. The normalized spacial score (nSPS) is 25.8. The minimum atomic E-state index is -3.53. The average molecular weight is 411 g/mol. The van der Waals surface area contributed by atoms with Crippen LogP contribution in [0.5, 0.6) is 0 Å². The van der Waals surface area contributed by atoms with Crippen molar-refractivity contribution in [3.05, 3.63) is 35.9 Å². The summed E-state index contributed by atoms with van der Waals surface area (Å²) in [4.78, 5) is 11.9. The zero-order valence-electron chi connectivity index (χ0n) is 16.0. The smallest absolute Gasteiger partial charge is 0.223 e. The minimum absolute atomic E-state index is 0.0892. The number of aliphatic hydroxyl groups excluding tert-OH is 1. The third-order valence-electron chi connectivity index (χ3n) is 5.57. The fourth-order valence-corrected chi connectivity index (χ4v) is 5.16. The lowest BCUT2D eigenvalue weighted by Crippen LogP contribution is -2.51. The lowest BCUT2D eigenvalue weighted by atomic mass is 9.85. The predicted molar refractivity (Wildman–Crippen MR) is 106 cm³/mol. The van der Waals surface area contributed by atoms with Gasteiger partial charge in [0.15, 0.2) is 0 Å². The average Bonchev–Trinajstić information content (AvgIpc) is 2.61. The fourth-order valence-electron chi connectivity index (χ4n) is 3.72. The Kier molecular flexibility index (Phi) is 7.45. The van der Waals surface area contributed by atoms with Crippen LogP contribution in [0.15, 0.2) is 30.3 Å².